The number of alkyl halides is 3. The lowest BCUT2D eigenvalue weighted by molar-refractivity contribution is -0.137. The molecule has 0 radical (unpaired) electrons. The number of halogens is 3. The maximum Gasteiger partial charge on any atom is 0.416 e. The molecule has 4 rings (SSSR count). The molecule has 0 aliphatic carbocycles. The second-order valence-electron chi connectivity index (χ2n) is 9.62. The molecule has 3 aromatic rings. The normalized spacial score (nSPS) is 14.0. The number of carbonyl (C=O) groups is 3. The molecular formula is C31H33F3N4O3. The van der Waals surface area contributed by atoms with Crippen molar-refractivity contribution in [3.05, 3.63) is 83.9 Å². The number of carbonyl (C=O) groups excluding carboxylic acids is 3. The van der Waals surface area contributed by atoms with Gasteiger partial charge in [-0.1, -0.05) is 44.2 Å². The van der Waals surface area contributed by atoms with E-state index in [4.69, 9.17) is 0 Å². The highest BCUT2D eigenvalue weighted by Crippen LogP contribution is 2.43. The van der Waals surface area contributed by atoms with Gasteiger partial charge in [0, 0.05) is 18.5 Å². The van der Waals surface area contributed by atoms with E-state index in [0.29, 0.717) is 18.4 Å². The van der Waals surface area contributed by atoms with Gasteiger partial charge in [-0.15, -0.1) is 0 Å². The van der Waals surface area contributed by atoms with Crippen LogP contribution in [0, 0.1) is 0 Å². The van der Waals surface area contributed by atoms with E-state index in [0.717, 1.165) is 41.6 Å². The monoisotopic (exact) mass is 566 g/mol. The quantitative estimate of drug-likeness (QED) is 0.236. The molecule has 0 unspecified atom stereocenters. The zero-order valence-electron chi connectivity index (χ0n) is 23.3. The molecule has 0 saturated carbocycles. The molecular weight excluding hydrogens is 533 g/mol. The molecule has 1 aliphatic heterocycles. The van der Waals surface area contributed by atoms with Gasteiger partial charge in [0.05, 0.1) is 28.3 Å². The molecule has 1 aliphatic rings. The van der Waals surface area contributed by atoms with Crippen molar-refractivity contribution >= 4 is 40.6 Å². The smallest absolute Gasteiger partial charge is 0.304 e. The van der Waals surface area contributed by atoms with Crippen LogP contribution in [0.5, 0.6) is 0 Å². The van der Waals surface area contributed by atoms with E-state index >= 15 is 0 Å². The first-order valence-corrected chi connectivity index (χ1v) is 13.7. The molecule has 0 aromatic heterocycles. The summed E-state index contributed by atoms with van der Waals surface area (Å²) in [5, 5.41) is 0. The SMILES string of the molecule is CCN(CC)CCCC(=O)c1cccc(N2C(=O)N(CC)c3ccc(C(F)(F)F)cc3N(c3ccccc3)C2=O)c1. The Kier molecular flexibility index (Phi) is 9.12. The third-order valence-electron chi connectivity index (χ3n) is 7.17. The number of urea groups is 2. The Bertz CT molecular complexity index is 1410. The zero-order chi connectivity index (χ0) is 29.7. The van der Waals surface area contributed by atoms with Crippen molar-refractivity contribution < 1.29 is 27.6 Å². The standard InChI is InChI=1S/C31H33F3N4O3/c1-4-35(5-2)19-11-16-28(39)22-12-10-15-25(20-22)38-29(40)36(6-3)26-18-17-23(31(32,33)34)21-27(26)37(30(38)41)24-13-8-7-9-14-24/h7-10,12-15,17-18,20-21H,4-6,11,16,19H2,1-3H3. The summed E-state index contributed by atoms with van der Waals surface area (Å²) in [5.74, 6) is -0.126. The number of amides is 4. The van der Waals surface area contributed by atoms with Crippen molar-refractivity contribution in [2.45, 2.75) is 39.8 Å². The van der Waals surface area contributed by atoms with E-state index in [2.05, 4.69) is 18.7 Å². The van der Waals surface area contributed by atoms with Crippen LogP contribution in [0.4, 0.5) is 45.5 Å². The van der Waals surface area contributed by atoms with Crippen LogP contribution in [-0.4, -0.2) is 48.9 Å². The van der Waals surface area contributed by atoms with Crippen LogP contribution in [0.15, 0.2) is 72.8 Å². The van der Waals surface area contributed by atoms with Crippen LogP contribution in [-0.2, 0) is 6.18 Å². The number of anilines is 4. The maximum atomic E-state index is 14.2. The highest BCUT2D eigenvalue weighted by Gasteiger charge is 2.41. The molecule has 4 amide bonds. The second kappa shape index (κ2) is 12.6. The van der Waals surface area contributed by atoms with E-state index < -0.39 is 23.8 Å². The average Bonchev–Trinajstić information content (AvgIpc) is 3.05. The summed E-state index contributed by atoms with van der Waals surface area (Å²) < 4.78 is 41.2. The highest BCUT2D eigenvalue weighted by atomic mass is 19.4. The van der Waals surface area contributed by atoms with Crippen molar-refractivity contribution in [2.75, 3.05) is 40.9 Å². The van der Waals surface area contributed by atoms with Gasteiger partial charge in [0.1, 0.15) is 0 Å². The summed E-state index contributed by atoms with van der Waals surface area (Å²) >= 11 is 0. The lowest BCUT2D eigenvalue weighted by Crippen LogP contribution is -2.48. The van der Waals surface area contributed by atoms with Gasteiger partial charge in [-0.25, -0.2) is 14.5 Å². The number of hydrogen-bond donors (Lipinski definition) is 0. The van der Waals surface area contributed by atoms with E-state index in [9.17, 15) is 27.6 Å². The van der Waals surface area contributed by atoms with Gasteiger partial charge >= 0.3 is 18.2 Å². The molecule has 3 aromatic carbocycles. The molecule has 1 heterocycles. The number of benzene rings is 3. The molecule has 0 bridgehead atoms. The van der Waals surface area contributed by atoms with Gasteiger partial charge in [0.25, 0.3) is 0 Å². The predicted molar refractivity (Wildman–Crippen MR) is 154 cm³/mol. The third kappa shape index (κ3) is 6.27. The number of Topliss-reactive ketones (excluding diaryl/α,β-unsaturated/α-hetero) is 1. The van der Waals surface area contributed by atoms with E-state index in [1.807, 2.05) is 0 Å². The maximum absolute atomic E-state index is 14.2. The topological polar surface area (TPSA) is 64.2 Å². The van der Waals surface area contributed by atoms with Crippen molar-refractivity contribution in [3.63, 3.8) is 0 Å². The molecule has 0 spiro atoms. The molecule has 7 nitrogen and oxygen atoms in total. The molecule has 0 saturated heterocycles. The summed E-state index contributed by atoms with van der Waals surface area (Å²) in [4.78, 5) is 46.6. The lowest BCUT2D eigenvalue weighted by Gasteiger charge is -2.27. The summed E-state index contributed by atoms with van der Waals surface area (Å²) in [7, 11) is 0. The van der Waals surface area contributed by atoms with Crippen LogP contribution in [0.25, 0.3) is 0 Å². The minimum Gasteiger partial charge on any atom is -0.304 e. The Balaban J connectivity index is 1.78. The van der Waals surface area contributed by atoms with Gasteiger partial charge in [-0.3, -0.25) is 14.6 Å². The Morgan fingerprint density at radius 3 is 2.10 bits per heavy atom. The van der Waals surface area contributed by atoms with Gasteiger partial charge in [0.2, 0.25) is 0 Å². The minimum absolute atomic E-state index is 0.0719. The first kappa shape index (κ1) is 29.8. The van der Waals surface area contributed by atoms with E-state index in [1.54, 1.807) is 49.4 Å². The number of nitrogens with zero attached hydrogens (tertiary/aromatic N) is 4. The van der Waals surface area contributed by atoms with Crippen LogP contribution in [0.2, 0.25) is 0 Å². The first-order valence-electron chi connectivity index (χ1n) is 13.7. The van der Waals surface area contributed by atoms with Gasteiger partial charge < -0.3 is 4.90 Å². The zero-order valence-corrected chi connectivity index (χ0v) is 23.3. The molecule has 216 valence electrons. The molecule has 0 fully saturated rings. The third-order valence-corrected chi connectivity index (χ3v) is 7.17. The molecule has 0 atom stereocenters. The van der Waals surface area contributed by atoms with Gasteiger partial charge in [-0.05, 0) is 75.4 Å². The Labute approximate surface area is 237 Å². The number of ketones is 1. The van der Waals surface area contributed by atoms with Crippen LogP contribution in [0.1, 0.15) is 49.5 Å². The van der Waals surface area contributed by atoms with Crippen molar-refractivity contribution in [1.29, 1.82) is 0 Å². The predicted octanol–water partition coefficient (Wildman–Crippen LogP) is 7.73. The van der Waals surface area contributed by atoms with Crippen LogP contribution >= 0.6 is 0 Å². The molecule has 10 heteroatoms. The first-order chi connectivity index (χ1) is 19.6. The second-order valence-corrected chi connectivity index (χ2v) is 9.62. The summed E-state index contributed by atoms with van der Waals surface area (Å²) in [5.41, 5.74) is -0.0706. The highest BCUT2D eigenvalue weighted by molar-refractivity contribution is 6.28. The van der Waals surface area contributed by atoms with E-state index in [1.165, 1.54) is 23.1 Å². The molecule has 0 N–H and O–H groups in total. The fourth-order valence-electron chi connectivity index (χ4n) is 4.93. The summed E-state index contributed by atoms with van der Waals surface area (Å²) in [6, 6.07) is 15.9. The summed E-state index contributed by atoms with van der Waals surface area (Å²) in [6.45, 7) is 8.44. The number of para-hydroxylation sites is 1. The van der Waals surface area contributed by atoms with Crippen LogP contribution in [0.3, 0.4) is 0 Å². The molecule has 41 heavy (non-hydrogen) atoms. The Morgan fingerprint density at radius 1 is 0.780 bits per heavy atom. The fourth-order valence-corrected chi connectivity index (χ4v) is 4.93. The number of rotatable bonds is 10. The van der Waals surface area contributed by atoms with Crippen molar-refractivity contribution in [3.8, 4) is 0 Å². The fraction of sp³-hybridized carbons (Fsp3) is 0.323. The Morgan fingerprint density at radius 2 is 1.46 bits per heavy atom. The number of hydrogen-bond acceptors (Lipinski definition) is 4. The van der Waals surface area contributed by atoms with E-state index in [-0.39, 0.29) is 35.1 Å². The Hall–Kier alpha value is -4.18. The van der Waals surface area contributed by atoms with Crippen molar-refractivity contribution in [2.24, 2.45) is 0 Å². The number of fused-ring (bicyclic) bond motifs is 1. The average molecular weight is 567 g/mol. The largest absolute Gasteiger partial charge is 0.416 e. The van der Waals surface area contributed by atoms with Gasteiger partial charge in [0.15, 0.2) is 5.78 Å². The van der Waals surface area contributed by atoms with Gasteiger partial charge in [-0.2, -0.15) is 13.2 Å². The van der Waals surface area contributed by atoms with Crippen molar-refractivity contribution in [1.82, 2.24) is 4.90 Å². The summed E-state index contributed by atoms with van der Waals surface area (Å²) in [6.07, 6.45) is -3.70. The minimum atomic E-state index is -4.66. The number of imide groups is 1. The van der Waals surface area contributed by atoms with Crippen LogP contribution < -0.4 is 14.7 Å². The lowest BCUT2D eigenvalue weighted by atomic mass is 10.1.